The Morgan fingerprint density at radius 1 is 1.08 bits per heavy atom. The molecule has 0 saturated carbocycles. The minimum atomic E-state index is -0.483. The number of hydrogen-bond donors (Lipinski definition) is 2. The predicted molar refractivity (Wildman–Crippen MR) is 92.9 cm³/mol. The zero-order valence-electron chi connectivity index (χ0n) is 12.6. The molecule has 24 heavy (non-hydrogen) atoms. The quantitative estimate of drug-likeness (QED) is 0.597. The number of hydrogen-bond acceptors (Lipinski definition) is 3. The molecule has 0 bridgehead atoms. The van der Waals surface area contributed by atoms with Gasteiger partial charge in [0.1, 0.15) is 17.5 Å². The summed E-state index contributed by atoms with van der Waals surface area (Å²) >= 11 is 0. The smallest absolute Gasteiger partial charge is 0.269 e. The first kappa shape index (κ1) is 14.0. The molecular weight excluding hydrogens is 300 g/mol. The molecular formula is C19H12N4O. The number of carbonyl (C=O) groups is 1. The zero-order valence-corrected chi connectivity index (χ0v) is 12.6. The number of anilines is 1. The first-order chi connectivity index (χ1) is 11.8. The average molecular weight is 312 g/mol. The molecule has 0 aliphatic carbocycles. The Labute approximate surface area is 137 Å². The summed E-state index contributed by atoms with van der Waals surface area (Å²) in [5.74, 6) is -0.0759. The molecule has 4 rings (SSSR count). The van der Waals surface area contributed by atoms with Crippen molar-refractivity contribution in [2.75, 3.05) is 5.32 Å². The molecule has 4 aromatic rings. The topological polar surface area (TPSA) is 81.6 Å². The van der Waals surface area contributed by atoms with E-state index in [1.807, 2.05) is 42.5 Å². The van der Waals surface area contributed by atoms with Gasteiger partial charge in [0.2, 0.25) is 0 Å². The lowest BCUT2D eigenvalue weighted by Gasteiger charge is -2.02. The third-order valence-corrected chi connectivity index (χ3v) is 3.93. The van der Waals surface area contributed by atoms with E-state index in [9.17, 15) is 10.1 Å². The minimum absolute atomic E-state index is 0.0318. The maximum Gasteiger partial charge on any atom is 0.269 e. The van der Waals surface area contributed by atoms with Crippen LogP contribution < -0.4 is 10.7 Å². The van der Waals surface area contributed by atoms with E-state index >= 15 is 0 Å². The van der Waals surface area contributed by atoms with Gasteiger partial charge in [-0.2, -0.15) is 5.26 Å². The summed E-state index contributed by atoms with van der Waals surface area (Å²) in [5.41, 5.74) is 0.931. The van der Waals surface area contributed by atoms with Crippen LogP contribution in [0.5, 0.6) is 0 Å². The van der Waals surface area contributed by atoms with Gasteiger partial charge in [0, 0.05) is 22.5 Å². The molecule has 0 spiro atoms. The number of aromatic amines is 1. The number of benzene rings is 2. The molecule has 114 valence electrons. The van der Waals surface area contributed by atoms with Crippen LogP contribution in [-0.4, -0.2) is 15.9 Å². The van der Waals surface area contributed by atoms with Crippen LogP contribution in [0.2, 0.25) is 0 Å². The highest BCUT2D eigenvalue weighted by Gasteiger charge is 2.15. The van der Waals surface area contributed by atoms with Gasteiger partial charge < -0.3 is 10.3 Å². The Morgan fingerprint density at radius 3 is 2.67 bits per heavy atom. The Bertz CT molecular complexity index is 1150. The average Bonchev–Trinajstić information content (AvgIpc) is 2.98. The number of nitrogens with one attached hydrogen (secondary N) is 2. The van der Waals surface area contributed by atoms with E-state index in [4.69, 9.17) is 0 Å². The molecule has 0 saturated heterocycles. The Hall–Kier alpha value is -3.65. The van der Waals surface area contributed by atoms with Crippen molar-refractivity contribution in [1.82, 2.24) is 9.97 Å². The van der Waals surface area contributed by atoms with Gasteiger partial charge in [-0.1, -0.05) is 36.4 Å². The molecule has 0 unspecified atom stereocenters. The van der Waals surface area contributed by atoms with E-state index in [2.05, 4.69) is 15.3 Å². The summed E-state index contributed by atoms with van der Waals surface area (Å²) in [4.78, 5) is 19.8. The second-order valence-corrected chi connectivity index (χ2v) is 5.37. The minimum Gasteiger partial charge on any atom is -0.353 e. The molecule has 0 aliphatic rings. The molecule has 1 amide bonds. The fourth-order valence-electron chi connectivity index (χ4n) is 2.89. The summed E-state index contributed by atoms with van der Waals surface area (Å²) in [5, 5.41) is 15.7. The summed E-state index contributed by atoms with van der Waals surface area (Å²) < 4.78 is 0. The van der Waals surface area contributed by atoms with Crippen LogP contribution >= 0.6 is 0 Å². The van der Waals surface area contributed by atoms with Crippen molar-refractivity contribution in [3.8, 4) is 6.07 Å². The van der Waals surface area contributed by atoms with Gasteiger partial charge in [0.15, 0.2) is 0 Å². The number of amides is 1. The van der Waals surface area contributed by atoms with Crippen molar-refractivity contribution in [1.29, 1.82) is 5.26 Å². The largest absolute Gasteiger partial charge is 0.353 e. The summed E-state index contributed by atoms with van der Waals surface area (Å²) in [6.07, 6.45) is 1.58. The number of aromatic nitrogens is 2. The zero-order chi connectivity index (χ0) is 16.5. The molecule has 0 aliphatic heterocycles. The van der Waals surface area contributed by atoms with Crippen molar-refractivity contribution in [2.24, 2.45) is 0 Å². The van der Waals surface area contributed by atoms with E-state index < -0.39 is 5.91 Å². The van der Waals surface area contributed by atoms with Crippen LogP contribution in [0.1, 0.15) is 0 Å². The maximum atomic E-state index is 12.5. The maximum absolute atomic E-state index is 12.5. The molecule has 0 radical (unpaired) electrons. The Kier molecular flexibility index (Phi) is 3.22. The van der Waals surface area contributed by atoms with Crippen molar-refractivity contribution < 1.29 is 4.79 Å². The molecule has 0 fully saturated rings. The SMILES string of the molecule is N#CC(C(=O)Nc1ccccn1)=c1[nH]c2cccc3cccc1c32. The second kappa shape index (κ2) is 5.52. The molecule has 2 heterocycles. The van der Waals surface area contributed by atoms with Crippen LogP contribution in [0.25, 0.3) is 27.2 Å². The molecule has 5 nitrogen and oxygen atoms in total. The van der Waals surface area contributed by atoms with E-state index in [-0.39, 0.29) is 5.57 Å². The third-order valence-electron chi connectivity index (χ3n) is 3.93. The fraction of sp³-hybridized carbons (Fsp3) is 0. The van der Waals surface area contributed by atoms with Gasteiger partial charge in [0.25, 0.3) is 5.91 Å². The summed E-state index contributed by atoms with van der Waals surface area (Å²) in [7, 11) is 0. The van der Waals surface area contributed by atoms with Gasteiger partial charge in [-0.15, -0.1) is 0 Å². The summed E-state index contributed by atoms with van der Waals surface area (Å²) in [6.45, 7) is 0. The van der Waals surface area contributed by atoms with E-state index in [0.717, 1.165) is 21.7 Å². The molecule has 5 heteroatoms. The number of rotatable bonds is 2. The lowest BCUT2D eigenvalue weighted by Crippen LogP contribution is -2.21. The van der Waals surface area contributed by atoms with Crippen molar-refractivity contribution in [2.45, 2.75) is 0 Å². The van der Waals surface area contributed by atoms with E-state index in [0.29, 0.717) is 11.2 Å². The standard InChI is InChI=1S/C19H12N4O/c20-11-14(19(24)23-16-9-1-2-10-21-16)18-13-7-3-5-12-6-4-8-15(22-18)17(12)13/h1-10,22H,(H,21,23,24). The number of carbonyl (C=O) groups excluding carboxylic acids is 1. The molecule has 0 atom stereocenters. The Morgan fingerprint density at radius 2 is 1.92 bits per heavy atom. The van der Waals surface area contributed by atoms with Crippen LogP contribution in [0, 0.1) is 11.3 Å². The first-order valence-corrected chi connectivity index (χ1v) is 7.44. The van der Waals surface area contributed by atoms with Crippen molar-refractivity contribution >= 4 is 39.0 Å². The van der Waals surface area contributed by atoms with Gasteiger partial charge in [-0.25, -0.2) is 4.98 Å². The summed E-state index contributed by atoms with van der Waals surface area (Å²) in [6, 6.07) is 18.9. The normalized spacial score (nSPS) is 12.1. The lowest BCUT2D eigenvalue weighted by atomic mass is 10.1. The number of H-pyrrole nitrogens is 1. The van der Waals surface area contributed by atoms with E-state index in [1.54, 1.807) is 24.4 Å². The van der Waals surface area contributed by atoms with Crippen molar-refractivity contribution in [3.63, 3.8) is 0 Å². The van der Waals surface area contributed by atoms with Crippen LogP contribution in [0.15, 0.2) is 60.8 Å². The van der Waals surface area contributed by atoms with Gasteiger partial charge in [0.05, 0.1) is 5.35 Å². The van der Waals surface area contributed by atoms with Gasteiger partial charge >= 0.3 is 0 Å². The van der Waals surface area contributed by atoms with Gasteiger partial charge in [-0.05, 0) is 23.6 Å². The molecule has 2 aromatic heterocycles. The molecule has 2 aromatic carbocycles. The van der Waals surface area contributed by atoms with Crippen LogP contribution in [-0.2, 0) is 4.79 Å². The monoisotopic (exact) mass is 312 g/mol. The Balaban J connectivity index is 1.93. The highest BCUT2D eigenvalue weighted by Crippen LogP contribution is 2.23. The lowest BCUT2D eigenvalue weighted by molar-refractivity contribution is -0.111. The number of nitrogens with zero attached hydrogens (tertiary/aromatic N) is 2. The highest BCUT2D eigenvalue weighted by atomic mass is 16.1. The van der Waals surface area contributed by atoms with Crippen molar-refractivity contribution in [3.05, 3.63) is 66.1 Å². The molecule has 2 N–H and O–H groups in total. The second-order valence-electron chi connectivity index (χ2n) is 5.37. The number of nitriles is 1. The highest BCUT2D eigenvalue weighted by molar-refractivity contribution is 6.26. The van der Waals surface area contributed by atoms with Crippen LogP contribution in [0.3, 0.4) is 0 Å². The van der Waals surface area contributed by atoms with E-state index in [1.165, 1.54) is 0 Å². The predicted octanol–water partition coefficient (Wildman–Crippen LogP) is 2.75. The number of pyridine rings is 1. The van der Waals surface area contributed by atoms with Gasteiger partial charge in [-0.3, -0.25) is 4.79 Å². The first-order valence-electron chi connectivity index (χ1n) is 7.44. The fourth-order valence-corrected chi connectivity index (χ4v) is 2.89. The van der Waals surface area contributed by atoms with Crippen LogP contribution in [0.4, 0.5) is 5.82 Å². The third kappa shape index (κ3) is 2.18.